The van der Waals surface area contributed by atoms with Crippen LogP contribution in [-0.2, 0) is 9.53 Å². The molecule has 0 saturated carbocycles. The molecule has 8 heteroatoms. The van der Waals surface area contributed by atoms with Crippen molar-refractivity contribution in [3.05, 3.63) is 47.5 Å². The molecule has 142 valence electrons. The van der Waals surface area contributed by atoms with Crippen LogP contribution in [0, 0.1) is 0 Å². The van der Waals surface area contributed by atoms with Crippen LogP contribution in [0.4, 0.5) is 5.69 Å². The molecule has 2 aromatic carbocycles. The molecule has 27 heavy (non-hydrogen) atoms. The predicted molar refractivity (Wildman–Crippen MR) is 102 cm³/mol. The first-order chi connectivity index (χ1) is 13.0. The first kappa shape index (κ1) is 20.3. The molecular formula is C19H19NO6S. The first-order valence-corrected chi connectivity index (χ1v) is 9.08. The Morgan fingerprint density at radius 2 is 1.85 bits per heavy atom. The number of hydrogen-bond donors (Lipinski definition) is 1. The van der Waals surface area contributed by atoms with E-state index < -0.39 is 18.5 Å². The monoisotopic (exact) mass is 389 g/mol. The van der Waals surface area contributed by atoms with Crippen molar-refractivity contribution in [3.8, 4) is 11.5 Å². The number of hydrogen-bond acceptors (Lipinski definition) is 7. The van der Waals surface area contributed by atoms with E-state index in [2.05, 4.69) is 5.32 Å². The molecule has 0 aliphatic rings. The van der Waals surface area contributed by atoms with Crippen LogP contribution >= 0.6 is 11.8 Å². The highest BCUT2D eigenvalue weighted by molar-refractivity contribution is 7.98. The molecule has 2 rings (SSSR count). The fourth-order valence-electron chi connectivity index (χ4n) is 2.39. The Morgan fingerprint density at radius 1 is 1.11 bits per heavy atom. The molecule has 0 aromatic heterocycles. The van der Waals surface area contributed by atoms with Gasteiger partial charge in [-0.3, -0.25) is 9.59 Å². The van der Waals surface area contributed by atoms with Gasteiger partial charge in [0.2, 0.25) is 0 Å². The highest BCUT2D eigenvalue weighted by Gasteiger charge is 2.23. The lowest BCUT2D eigenvalue weighted by molar-refractivity contribution is -0.119. The average Bonchev–Trinajstić information content (AvgIpc) is 2.71. The molecule has 0 saturated heterocycles. The first-order valence-electron chi connectivity index (χ1n) is 7.85. The van der Waals surface area contributed by atoms with Crippen LogP contribution < -0.4 is 14.8 Å². The van der Waals surface area contributed by atoms with Crippen LogP contribution in [0.3, 0.4) is 0 Å². The van der Waals surface area contributed by atoms with Crippen molar-refractivity contribution in [2.45, 2.75) is 4.90 Å². The van der Waals surface area contributed by atoms with Crippen LogP contribution in [0.5, 0.6) is 11.5 Å². The number of benzene rings is 2. The maximum Gasteiger partial charge on any atom is 0.343 e. The molecule has 0 aliphatic heterocycles. The van der Waals surface area contributed by atoms with Crippen molar-refractivity contribution in [1.29, 1.82) is 0 Å². The summed E-state index contributed by atoms with van der Waals surface area (Å²) in [4.78, 5) is 36.7. The van der Waals surface area contributed by atoms with Gasteiger partial charge in [0.05, 0.1) is 19.9 Å². The molecule has 1 amide bonds. The van der Waals surface area contributed by atoms with Crippen molar-refractivity contribution < 1.29 is 28.6 Å². The Balaban J connectivity index is 2.13. The van der Waals surface area contributed by atoms with E-state index in [9.17, 15) is 14.4 Å². The standard InChI is InChI=1S/C19H19NO6S/c1-24-14-9-8-12(10-21)17(18(14)25-2)19(23)26-11-16(22)20-13-6-4-5-7-15(13)27-3/h4-10H,11H2,1-3H3,(H,20,22). The van der Waals surface area contributed by atoms with Gasteiger partial charge in [-0.1, -0.05) is 12.1 Å². The van der Waals surface area contributed by atoms with Gasteiger partial charge in [-0.15, -0.1) is 11.8 Å². The maximum absolute atomic E-state index is 12.5. The number of aldehydes is 1. The summed E-state index contributed by atoms with van der Waals surface area (Å²) in [6.07, 6.45) is 2.40. The number of para-hydroxylation sites is 1. The molecule has 1 N–H and O–H groups in total. The topological polar surface area (TPSA) is 90.9 Å². The molecule has 0 aliphatic carbocycles. The van der Waals surface area contributed by atoms with Crippen LogP contribution in [0.25, 0.3) is 0 Å². The van der Waals surface area contributed by atoms with Gasteiger partial charge in [-0.2, -0.15) is 0 Å². The number of esters is 1. The van der Waals surface area contributed by atoms with Gasteiger partial charge in [0, 0.05) is 10.5 Å². The van der Waals surface area contributed by atoms with E-state index in [-0.39, 0.29) is 22.6 Å². The number of methoxy groups -OCH3 is 2. The lowest BCUT2D eigenvalue weighted by atomic mass is 10.1. The number of ether oxygens (including phenoxy) is 3. The van der Waals surface area contributed by atoms with Gasteiger partial charge in [0.1, 0.15) is 5.56 Å². The lowest BCUT2D eigenvalue weighted by Gasteiger charge is -2.14. The molecule has 0 fully saturated rings. The third-order valence-corrected chi connectivity index (χ3v) is 4.42. The number of thioether (sulfide) groups is 1. The van der Waals surface area contributed by atoms with Crippen LogP contribution in [0.15, 0.2) is 41.3 Å². The Hall–Kier alpha value is -3.00. The van der Waals surface area contributed by atoms with Gasteiger partial charge in [-0.05, 0) is 30.5 Å². The summed E-state index contributed by atoms with van der Waals surface area (Å²) in [6.45, 7) is -0.514. The minimum absolute atomic E-state index is 0.0697. The average molecular weight is 389 g/mol. The van der Waals surface area contributed by atoms with E-state index in [1.54, 1.807) is 12.1 Å². The Labute approximate surface area is 161 Å². The summed E-state index contributed by atoms with van der Waals surface area (Å²) in [5.41, 5.74) is 0.605. The fourth-order valence-corrected chi connectivity index (χ4v) is 2.94. The smallest absolute Gasteiger partial charge is 0.343 e. The maximum atomic E-state index is 12.5. The molecular weight excluding hydrogens is 370 g/mol. The van der Waals surface area contributed by atoms with Crippen LogP contribution in [-0.4, -0.2) is 45.2 Å². The molecule has 7 nitrogen and oxygen atoms in total. The minimum Gasteiger partial charge on any atom is -0.493 e. The molecule has 0 unspecified atom stereocenters. The number of anilines is 1. The summed E-state index contributed by atoms with van der Waals surface area (Å²) in [5, 5.41) is 2.69. The van der Waals surface area contributed by atoms with Crippen molar-refractivity contribution >= 4 is 35.6 Å². The third kappa shape index (κ3) is 4.79. The normalized spacial score (nSPS) is 10.0. The molecule has 0 radical (unpaired) electrons. The van der Waals surface area contributed by atoms with Gasteiger partial charge in [-0.25, -0.2) is 4.79 Å². The van der Waals surface area contributed by atoms with Crippen LogP contribution in [0.1, 0.15) is 20.7 Å². The highest BCUT2D eigenvalue weighted by atomic mass is 32.2. The van der Waals surface area contributed by atoms with E-state index >= 15 is 0 Å². The largest absolute Gasteiger partial charge is 0.493 e. The SMILES string of the molecule is COc1ccc(C=O)c(C(=O)OCC(=O)Nc2ccccc2SC)c1OC. The quantitative estimate of drug-likeness (QED) is 0.421. The number of nitrogens with one attached hydrogen (secondary N) is 1. The number of carbonyl (C=O) groups is 3. The second-order valence-corrected chi connectivity index (χ2v) is 6.06. The van der Waals surface area contributed by atoms with Crippen LogP contribution in [0.2, 0.25) is 0 Å². The number of rotatable bonds is 8. The van der Waals surface area contributed by atoms with Crippen molar-refractivity contribution in [1.82, 2.24) is 0 Å². The van der Waals surface area contributed by atoms with E-state index in [0.29, 0.717) is 12.0 Å². The highest BCUT2D eigenvalue weighted by Crippen LogP contribution is 2.33. The third-order valence-electron chi connectivity index (χ3n) is 3.62. The zero-order chi connectivity index (χ0) is 19.8. The van der Waals surface area contributed by atoms with Crippen molar-refractivity contribution in [2.24, 2.45) is 0 Å². The predicted octanol–water partition coefficient (Wildman–Crippen LogP) is 3.03. The van der Waals surface area contributed by atoms with Gasteiger partial charge in [0.15, 0.2) is 24.4 Å². The second-order valence-electron chi connectivity index (χ2n) is 5.21. The minimum atomic E-state index is -0.860. The number of amides is 1. The summed E-state index contributed by atoms with van der Waals surface area (Å²) in [7, 11) is 2.75. The summed E-state index contributed by atoms with van der Waals surface area (Å²) in [5.74, 6) is -1.02. The Morgan fingerprint density at radius 3 is 2.48 bits per heavy atom. The molecule has 0 spiro atoms. The second kappa shape index (κ2) is 9.63. The van der Waals surface area contributed by atoms with E-state index in [1.165, 1.54) is 38.1 Å². The molecule has 0 heterocycles. The van der Waals surface area contributed by atoms with E-state index in [4.69, 9.17) is 14.2 Å². The summed E-state index contributed by atoms with van der Waals surface area (Å²) < 4.78 is 15.4. The Bertz CT molecular complexity index is 852. The lowest BCUT2D eigenvalue weighted by Crippen LogP contribution is -2.22. The number of carbonyl (C=O) groups excluding carboxylic acids is 3. The zero-order valence-electron chi connectivity index (χ0n) is 15.1. The molecule has 0 atom stereocenters. The van der Waals surface area contributed by atoms with E-state index in [0.717, 1.165) is 4.90 Å². The van der Waals surface area contributed by atoms with Crippen molar-refractivity contribution in [3.63, 3.8) is 0 Å². The summed E-state index contributed by atoms with van der Waals surface area (Å²) >= 11 is 1.48. The van der Waals surface area contributed by atoms with Gasteiger partial charge >= 0.3 is 5.97 Å². The summed E-state index contributed by atoms with van der Waals surface area (Å²) in [6, 6.07) is 10.2. The zero-order valence-corrected chi connectivity index (χ0v) is 15.9. The fraction of sp³-hybridized carbons (Fsp3) is 0.211. The van der Waals surface area contributed by atoms with Gasteiger partial charge < -0.3 is 19.5 Å². The molecule has 2 aromatic rings. The van der Waals surface area contributed by atoms with E-state index in [1.807, 2.05) is 18.4 Å². The Kier molecular flexibility index (Phi) is 7.25. The molecule has 0 bridgehead atoms. The van der Waals surface area contributed by atoms with Crippen molar-refractivity contribution in [2.75, 3.05) is 32.4 Å². The van der Waals surface area contributed by atoms with Gasteiger partial charge in [0.25, 0.3) is 5.91 Å².